The van der Waals surface area contributed by atoms with Crippen molar-refractivity contribution in [3.63, 3.8) is 0 Å². The Hall–Kier alpha value is -4.00. The summed E-state index contributed by atoms with van der Waals surface area (Å²) in [5, 5.41) is 12.6. The molecule has 2 aliphatic rings. The number of nitrogens with zero attached hydrogens (tertiary/aromatic N) is 3. The molecular weight excluding hydrogens is 418 g/mol. The highest BCUT2D eigenvalue weighted by molar-refractivity contribution is 5.96. The molecule has 168 valence electrons. The second-order valence-corrected chi connectivity index (χ2v) is 8.12. The van der Waals surface area contributed by atoms with E-state index in [1.165, 1.54) is 6.07 Å². The first-order chi connectivity index (χ1) is 16.1. The van der Waals surface area contributed by atoms with Gasteiger partial charge in [-0.25, -0.2) is 0 Å². The summed E-state index contributed by atoms with van der Waals surface area (Å²) in [4.78, 5) is 27.2. The van der Waals surface area contributed by atoms with E-state index in [-0.39, 0.29) is 24.3 Å². The molecule has 2 aromatic carbocycles. The van der Waals surface area contributed by atoms with Crippen LogP contribution >= 0.6 is 0 Å². The number of para-hydroxylation sites is 1. The average Bonchev–Trinajstić information content (AvgIpc) is 2.85. The first-order valence-electron chi connectivity index (χ1n) is 11.1. The number of hydrogen-bond acceptors (Lipinski definition) is 5. The zero-order valence-electron chi connectivity index (χ0n) is 18.1. The van der Waals surface area contributed by atoms with Crippen molar-refractivity contribution in [2.24, 2.45) is 0 Å². The van der Waals surface area contributed by atoms with Crippen LogP contribution in [0.2, 0.25) is 0 Å². The third-order valence-corrected chi connectivity index (χ3v) is 6.04. The highest BCUT2D eigenvalue weighted by Gasteiger charge is 2.37. The van der Waals surface area contributed by atoms with Crippen LogP contribution in [0, 0.1) is 0 Å². The molecule has 1 aromatic heterocycles. The molecular formula is C26H25N3O4. The van der Waals surface area contributed by atoms with Gasteiger partial charge in [0.25, 0.3) is 5.91 Å². The molecule has 0 saturated heterocycles. The SMILES string of the molecule is O=C1c2c(O)c(=O)ccn2N2CN1CC/C=C/CCOc1ccccc1[C@H]2c1ccccc1. The van der Waals surface area contributed by atoms with E-state index in [0.29, 0.717) is 19.6 Å². The van der Waals surface area contributed by atoms with Gasteiger partial charge in [0.05, 0.1) is 6.61 Å². The van der Waals surface area contributed by atoms with Crippen molar-refractivity contribution in [1.29, 1.82) is 0 Å². The Morgan fingerprint density at radius 1 is 0.909 bits per heavy atom. The fourth-order valence-electron chi connectivity index (χ4n) is 4.45. The quantitative estimate of drug-likeness (QED) is 0.584. The fourth-order valence-corrected chi connectivity index (χ4v) is 4.45. The third-order valence-electron chi connectivity index (χ3n) is 6.04. The minimum absolute atomic E-state index is 0.0214. The minimum atomic E-state index is -0.575. The maximum atomic E-state index is 13.3. The number of fused-ring (bicyclic) bond motifs is 5. The van der Waals surface area contributed by atoms with Crippen LogP contribution in [0.1, 0.15) is 40.5 Å². The summed E-state index contributed by atoms with van der Waals surface area (Å²) < 4.78 is 7.79. The zero-order chi connectivity index (χ0) is 22.8. The molecule has 2 aliphatic heterocycles. The molecule has 2 bridgehead atoms. The van der Waals surface area contributed by atoms with Crippen LogP contribution in [0.5, 0.6) is 11.5 Å². The van der Waals surface area contributed by atoms with Crippen LogP contribution in [-0.4, -0.2) is 40.4 Å². The molecule has 5 rings (SSSR count). The zero-order valence-corrected chi connectivity index (χ0v) is 18.1. The monoisotopic (exact) mass is 443 g/mol. The number of benzene rings is 2. The number of pyridine rings is 1. The van der Waals surface area contributed by atoms with Crippen molar-refractivity contribution in [1.82, 2.24) is 9.58 Å². The topological polar surface area (TPSA) is 75.0 Å². The number of ether oxygens (including phenoxy) is 1. The number of aromatic hydroxyl groups is 1. The van der Waals surface area contributed by atoms with Crippen LogP contribution in [-0.2, 0) is 0 Å². The first-order valence-corrected chi connectivity index (χ1v) is 11.1. The van der Waals surface area contributed by atoms with Crippen LogP contribution in [0.3, 0.4) is 0 Å². The fraction of sp³-hybridized carbons (Fsp3) is 0.231. The summed E-state index contributed by atoms with van der Waals surface area (Å²) >= 11 is 0. The van der Waals surface area contributed by atoms with E-state index >= 15 is 0 Å². The molecule has 7 heteroatoms. The summed E-state index contributed by atoms with van der Waals surface area (Å²) in [6.45, 7) is 1.30. The highest BCUT2D eigenvalue weighted by Crippen LogP contribution is 2.36. The summed E-state index contributed by atoms with van der Waals surface area (Å²) in [6.07, 6.45) is 7.07. The average molecular weight is 444 g/mol. The van der Waals surface area contributed by atoms with E-state index in [4.69, 9.17) is 4.74 Å². The van der Waals surface area contributed by atoms with Gasteiger partial charge in [0.15, 0.2) is 11.4 Å². The molecule has 0 spiro atoms. The van der Waals surface area contributed by atoms with E-state index in [0.717, 1.165) is 23.3 Å². The first kappa shape index (κ1) is 20.9. The number of rotatable bonds is 1. The van der Waals surface area contributed by atoms with Gasteiger partial charge in [-0.1, -0.05) is 60.7 Å². The maximum absolute atomic E-state index is 13.3. The van der Waals surface area contributed by atoms with Crippen molar-refractivity contribution in [3.8, 4) is 11.5 Å². The lowest BCUT2D eigenvalue weighted by atomic mass is 9.97. The van der Waals surface area contributed by atoms with Gasteiger partial charge in [-0.05, 0) is 24.5 Å². The highest BCUT2D eigenvalue weighted by atomic mass is 16.5. The predicted octanol–water partition coefficient (Wildman–Crippen LogP) is 3.42. The Kier molecular flexibility index (Phi) is 5.60. The molecule has 0 saturated carbocycles. The standard InChI is InChI=1S/C26H25N3O4/c30-21-14-16-28-24(25(21)31)26(32)27-15-8-1-2-9-17-33-22-13-7-6-12-20(22)23(29(28)18-27)19-10-4-3-5-11-19/h1-7,10-14,16,23,31H,8-9,15,17-18H2/b2-1+/t23-/m1/s1. The van der Waals surface area contributed by atoms with E-state index in [1.54, 1.807) is 15.8 Å². The van der Waals surface area contributed by atoms with Crippen molar-refractivity contribution < 1.29 is 14.6 Å². The summed E-state index contributed by atoms with van der Waals surface area (Å²) in [6, 6.07) is 18.8. The predicted molar refractivity (Wildman–Crippen MR) is 125 cm³/mol. The lowest BCUT2D eigenvalue weighted by Gasteiger charge is -2.44. The number of aromatic nitrogens is 1. The van der Waals surface area contributed by atoms with Gasteiger partial charge in [0, 0.05) is 24.4 Å². The Bertz CT molecular complexity index is 1250. The largest absolute Gasteiger partial charge is 0.502 e. The molecule has 1 atom stereocenters. The van der Waals surface area contributed by atoms with E-state index in [9.17, 15) is 14.7 Å². The summed E-state index contributed by atoms with van der Waals surface area (Å²) in [5.41, 5.74) is 1.34. The molecule has 33 heavy (non-hydrogen) atoms. The summed E-state index contributed by atoms with van der Waals surface area (Å²) in [5.74, 6) is -0.135. The van der Waals surface area contributed by atoms with Gasteiger partial charge >= 0.3 is 0 Å². The van der Waals surface area contributed by atoms with Gasteiger partial charge in [-0.3, -0.25) is 19.3 Å². The van der Waals surface area contributed by atoms with E-state index < -0.39 is 11.2 Å². The molecule has 0 unspecified atom stereocenters. The number of amides is 1. The van der Waals surface area contributed by atoms with Crippen LogP contribution < -0.4 is 15.2 Å². The van der Waals surface area contributed by atoms with Gasteiger partial charge in [0.1, 0.15) is 18.5 Å². The van der Waals surface area contributed by atoms with Gasteiger partial charge in [-0.2, -0.15) is 0 Å². The normalized spacial score (nSPS) is 19.3. The van der Waals surface area contributed by atoms with Crippen molar-refractivity contribution in [3.05, 3.63) is 106 Å². The molecule has 1 amide bonds. The molecule has 3 heterocycles. The Morgan fingerprint density at radius 2 is 1.67 bits per heavy atom. The van der Waals surface area contributed by atoms with Crippen molar-refractivity contribution in [2.45, 2.75) is 18.9 Å². The summed E-state index contributed by atoms with van der Waals surface area (Å²) in [7, 11) is 0. The van der Waals surface area contributed by atoms with E-state index in [2.05, 4.69) is 6.08 Å². The molecule has 0 radical (unpaired) electrons. The second kappa shape index (κ2) is 8.86. The minimum Gasteiger partial charge on any atom is -0.502 e. The van der Waals surface area contributed by atoms with Crippen LogP contribution in [0.15, 0.2) is 83.8 Å². The molecule has 0 aliphatic carbocycles. The van der Waals surface area contributed by atoms with Crippen molar-refractivity contribution >= 4 is 5.91 Å². The van der Waals surface area contributed by atoms with Gasteiger partial charge in [-0.15, -0.1) is 0 Å². The van der Waals surface area contributed by atoms with Gasteiger partial charge in [0.2, 0.25) is 5.43 Å². The Labute approximate surface area is 191 Å². The smallest absolute Gasteiger partial charge is 0.277 e. The third kappa shape index (κ3) is 3.86. The van der Waals surface area contributed by atoms with Crippen molar-refractivity contribution in [2.75, 3.05) is 24.8 Å². The molecule has 0 fully saturated rings. The second-order valence-electron chi connectivity index (χ2n) is 8.12. The van der Waals surface area contributed by atoms with Crippen LogP contribution in [0.25, 0.3) is 0 Å². The maximum Gasteiger partial charge on any atom is 0.277 e. The van der Waals surface area contributed by atoms with Gasteiger partial charge < -0.3 is 14.7 Å². The number of hydrogen-bond donors (Lipinski definition) is 1. The lowest BCUT2D eigenvalue weighted by molar-refractivity contribution is 0.0683. The molecule has 7 nitrogen and oxygen atoms in total. The number of carbonyl (C=O) groups is 1. The molecule has 1 N–H and O–H groups in total. The van der Waals surface area contributed by atoms with Crippen LogP contribution in [0.4, 0.5) is 0 Å². The van der Waals surface area contributed by atoms with E-state index in [1.807, 2.05) is 65.7 Å². The Morgan fingerprint density at radius 3 is 2.52 bits per heavy atom. The number of carbonyl (C=O) groups excluding carboxylic acids is 1. The lowest BCUT2D eigenvalue weighted by Crippen LogP contribution is -2.55. The Balaban J connectivity index is 1.76. The molecule has 3 aromatic rings.